The van der Waals surface area contributed by atoms with Crippen molar-refractivity contribution in [2.45, 2.75) is 19.4 Å². The second kappa shape index (κ2) is 6.85. The van der Waals surface area contributed by atoms with Crippen LogP contribution >= 0.6 is 0 Å². The number of esters is 1. The summed E-state index contributed by atoms with van der Waals surface area (Å²) >= 11 is 0. The molecule has 1 saturated heterocycles. The van der Waals surface area contributed by atoms with Crippen LogP contribution in [0.2, 0.25) is 0 Å². The van der Waals surface area contributed by atoms with Crippen LogP contribution in [0.4, 0.5) is 0 Å². The van der Waals surface area contributed by atoms with Crippen LogP contribution in [-0.2, 0) is 19.1 Å². The first-order chi connectivity index (χ1) is 8.13. The van der Waals surface area contributed by atoms with E-state index in [0.717, 1.165) is 0 Å². The highest BCUT2D eigenvalue weighted by Gasteiger charge is 2.24. The molecule has 1 aliphatic rings. The van der Waals surface area contributed by atoms with Gasteiger partial charge in [-0.3, -0.25) is 14.4 Å². The lowest BCUT2D eigenvalue weighted by molar-refractivity contribution is -0.143. The van der Waals surface area contributed by atoms with Crippen LogP contribution in [0, 0.1) is 0 Å². The van der Waals surface area contributed by atoms with Gasteiger partial charge in [0.1, 0.15) is 6.54 Å². The third kappa shape index (κ3) is 4.81. The molecule has 3 N–H and O–H groups in total. The van der Waals surface area contributed by atoms with Crippen LogP contribution < -0.4 is 16.0 Å². The maximum atomic E-state index is 11.4. The van der Waals surface area contributed by atoms with E-state index in [4.69, 9.17) is 0 Å². The summed E-state index contributed by atoms with van der Waals surface area (Å²) < 4.78 is 4.65. The van der Waals surface area contributed by atoms with Crippen LogP contribution in [0.5, 0.6) is 0 Å². The van der Waals surface area contributed by atoms with Crippen molar-refractivity contribution < 1.29 is 19.1 Å². The van der Waals surface area contributed by atoms with Crippen molar-refractivity contribution >= 4 is 17.8 Å². The van der Waals surface area contributed by atoms with Gasteiger partial charge in [-0.1, -0.05) is 0 Å². The van der Waals surface area contributed by atoms with Crippen molar-refractivity contribution in [3.8, 4) is 0 Å². The largest absolute Gasteiger partial charge is 0.465 e. The van der Waals surface area contributed by atoms with E-state index in [1.54, 1.807) is 6.92 Å². The first-order valence-electron chi connectivity index (χ1n) is 5.57. The molecule has 1 unspecified atom stereocenters. The van der Waals surface area contributed by atoms with Gasteiger partial charge in [0.15, 0.2) is 0 Å². The van der Waals surface area contributed by atoms with E-state index in [2.05, 4.69) is 20.7 Å². The molecule has 1 aliphatic heterocycles. The van der Waals surface area contributed by atoms with Crippen molar-refractivity contribution in [1.29, 1.82) is 0 Å². The summed E-state index contributed by atoms with van der Waals surface area (Å²) in [6, 6.07) is -0.522. The number of nitrogens with one attached hydrogen (secondary N) is 3. The number of ether oxygens (including phenoxy) is 1. The van der Waals surface area contributed by atoms with E-state index in [-0.39, 0.29) is 31.4 Å². The number of hydrogen-bond acceptors (Lipinski definition) is 5. The molecule has 1 atom stereocenters. The molecule has 1 fully saturated rings. The van der Waals surface area contributed by atoms with Gasteiger partial charge in [0.05, 0.1) is 19.1 Å². The standard InChI is InChI=1S/C10H17N3O4/c1-2-17-9(15)6-13-8(14)5-7-10(16)12-4-3-11-7/h7,11H,2-6H2,1H3,(H,12,16)(H,13,14). The molecule has 0 aliphatic carbocycles. The van der Waals surface area contributed by atoms with E-state index < -0.39 is 12.0 Å². The van der Waals surface area contributed by atoms with Crippen LogP contribution in [0.3, 0.4) is 0 Å². The van der Waals surface area contributed by atoms with E-state index in [1.165, 1.54) is 0 Å². The van der Waals surface area contributed by atoms with Gasteiger partial charge in [-0.05, 0) is 6.92 Å². The molecule has 0 aromatic rings. The van der Waals surface area contributed by atoms with E-state index in [9.17, 15) is 14.4 Å². The Morgan fingerprint density at radius 2 is 2.24 bits per heavy atom. The lowest BCUT2D eigenvalue weighted by Gasteiger charge is -2.22. The number of piperazine rings is 1. The first kappa shape index (κ1) is 13.4. The van der Waals surface area contributed by atoms with Gasteiger partial charge >= 0.3 is 5.97 Å². The Morgan fingerprint density at radius 1 is 1.47 bits per heavy atom. The fraction of sp³-hybridized carbons (Fsp3) is 0.700. The van der Waals surface area contributed by atoms with Crippen molar-refractivity contribution in [1.82, 2.24) is 16.0 Å². The topological polar surface area (TPSA) is 96.5 Å². The highest BCUT2D eigenvalue weighted by Crippen LogP contribution is 1.95. The minimum atomic E-state index is -0.522. The zero-order valence-electron chi connectivity index (χ0n) is 9.75. The average Bonchev–Trinajstić information content (AvgIpc) is 2.30. The molecule has 0 bridgehead atoms. The number of amides is 2. The van der Waals surface area contributed by atoms with Crippen molar-refractivity contribution in [3.05, 3.63) is 0 Å². The molecule has 1 rings (SSSR count). The molecular weight excluding hydrogens is 226 g/mol. The van der Waals surface area contributed by atoms with Crippen LogP contribution in [0.15, 0.2) is 0 Å². The molecule has 96 valence electrons. The van der Waals surface area contributed by atoms with Crippen LogP contribution in [-0.4, -0.2) is 50.1 Å². The lowest BCUT2D eigenvalue weighted by atomic mass is 10.1. The Labute approximate surface area is 99.3 Å². The molecule has 2 amide bonds. The van der Waals surface area contributed by atoms with Crippen molar-refractivity contribution in [2.24, 2.45) is 0 Å². The molecule has 0 saturated carbocycles. The zero-order chi connectivity index (χ0) is 12.7. The average molecular weight is 243 g/mol. The number of carbonyl (C=O) groups excluding carboxylic acids is 3. The summed E-state index contributed by atoms with van der Waals surface area (Å²) in [7, 11) is 0. The fourth-order valence-corrected chi connectivity index (χ4v) is 1.45. The summed E-state index contributed by atoms with van der Waals surface area (Å²) in [4.78, 5) is 33.7. The van der Waals surface area contributed by atoms with Gasteiger partial charge in [0.25, 0.3) is 0 Å². The number of rotatable bonds is 5. The predicted octanol–water partition coefficient (Wildman–Crippen LogP) is -1.86. The fourth-order valence-electron chi connectivity index (χ4n) is 1.45. The van der Waals surface area contributed by atoms with E-state index in [0.29, 0.717) is 13.1 Å². The quantitative estimate of drug-likeness (QED) is 0.492. The molecule has 0 aromatic heterocycles. The minimum absolute atomic E-state index is 0.0191. The second-order valence-electron chi connectivity index (χ2n) is 3.58. The summed E-state index contributed by atoms with van der Waals surface area (Å²) in [5.41, 5.74) is 0. The van der Waals surface area contributed by atoms with E-state index in [1.807, 2.05) is 0 Å². The molecular formula is C10H17N3O4. The van der Waals surface area contributed by atoms with Gasteiger partial charge in [-0.2, -0.15) is 0 Å². The predicted molar refractivity (Wildman–Crippen MR) is 59.1 cm³/mol. The van der Waals surface area contributed by atoms with Gasteiger partial charge in [0.2, 0.25) is 11.8 Å². The second-order valence-corrected chi connectivity index (χ2v) is 3.58. The van der Waals surface area contributed by atoms with Crippen molar-refractivity contribution in [3.63, 3.8) is 0 Å². The SMILES string of the molecule is CCOC(=O)CNC(=O)CC1NCCNC1=O. The maximum absolute atomic E-state index is 11.4. The highest BCUT2D eigenvalue weighted by atomic mass is 16.5. The normalized spacial score (nSPS) is 19.4. The molecule has 0 radical (unpaired) electrons. The van der Waals surface area contributed by atoms with E-state index >= 15 is 0 Å². The number of hydrogen-bond donors (Lipinski definition) is 3. The Morgan fingerprint density at radius 3 is 2.88 bits per heavy atom. The summed E-state index contributed by atoms with van der Waals surface area (Å²) in [6.07, 6.45) is 0.0191. The van der Waals surface area contributed by atoms with Gasteiger partial charge < -0.3 is 20.7 Å². The van der Waals surface area contributed by atoms with Gasteiger partial charge in [-0.25, -0.2) is 0 Å². The lowest BCUT2D eigenvalue weighted by Crippen LogP contribution is -2.54. The number of carbonyl (C=O) groups is 3. The Bertz CT molecular complexity index is 306. The zero-order valence-corrected chi connectivity index (χ0v) is 9.75. The molecule has 7 nitrogen and oxygen atoms in total. The van der Waals surface area contributed by atoms with Crippen LogP contribution in [0.1, 0.15) is 13.3 Å². The Hall–Kier alpha value is -1.63. The smallest absolute Gasteiger partial charge is 0.325 e. The molecule has 17 heavy (non-hydrogen) atoms. The van der Waals surface area contributed by atoms with Crippen LogP contribution in [0.25, 0.3) is 0 Å². The Balaban J connectivity index is 2.24. The third-order valence-electron chi connectivity index (χ3n) is 2.26. The minimum Gasteiger partial charge on any atom is -0.465 e. The highest BCUT2D eigenvalue weighted by molar-refractivity contribution is 5.89. The monoisotopic (exact) mass is 243 g/mol. The molecule has 0 spiro atoms. The molecule has 0 aromatic carbocycles. The Kier molecular flexibility index (Phi) is 5.41. The maximum Gasteiger partial charge on any atom is 0.325 e. The van der Waals surface area contributed by atoms with Gasteiger partial charge in [-0.15, -0.1) is 0 Å². The summed E-state index contributed by atoms with van der Waals surface area (Å²) in [5, 5.41) is 7.97. The summed E-state index contributed by atoms with van der Waals surface area (Å²) in [5.74, 6) is -1.03. The third-order valence-corrected chi connectivity index (χ3v) is 2.26. The molecule has 7 heteroatoms. The van der Waals surface area contributed by atoms with Gasteiger partial charge in [0, 0.05) is 13.1 Å². The molecule has 1 heterocycles. The van der Waals surface area contributed by atoms with Crippen molar-refractivity contribution in [2.75, 3.05) is 26.2 Å². The summed E-state index contributed by atoms with van der Waals surface area (Å²) in [6.45, 7) is 3.01. The first-order valence-corrected chi connectivity index (χ1v) is 5.57.